The second kappa shape index (κ2) is 5.12. The van der Waals surface area contributed by atoms with Gasteiger partial charge in [0.15, 0.2) is 0 Å². The molecule has 0 amide bonds. The highest BCUT2D eigenvalue weighted by atomic mass is 79.9. The lowest BCUT2D eigenvalue weighted by atomic mass is 10.4. The Hall–Kier alpha value is -1.70. The fourth-order valence-corrected chi connectivity index (χ4v) is 1.83. The first-order chi connectivity index (χ1) is 8.93. The van der Waals surface area contributed by atoms with Crippen molar-refractivity contribution < 1.29 is 0 Å². The van der Waals surface area contributed by atoms with E-state index in [1.54, 1.807) is 11.7 Å². The van der Waals surface area contributed by atoms with Crippen LogP contribution in [0.1, 0.15) is 11.4 Å². The first-order valence-electron chi connectivity index (χ1n) is 5.77. The Bertz CT molecular complexity index is 605. The smallest absolute Gasteiger partial charge is 0.257 e. The summed E-state index contributed by atoms with van der Waals surface area (Å²) in [7, 11) is 5.54. The van der Waals surface area contributed by atoms with Crippen LogP contribution in [0.4, 0.5) is 11.9 Å². The van der Waals surface area contributed by atoms with Crippen molar-refractivity contribution in [2.24, 2.45) is 0 Å². The molecule has 0 atom stereocenters. The van der Waals surface area contributed by atoms with Crippen molar-refractivity contribution in [3.8, 4) is 5.95 Å². The molecular weight excluding hydrogens is 310 g/mol. The molecule has 19 heavy (non-hydrogen) atoms. The highest BCUT2D eigenvalue weighted by Gasteiger charge is 2.15. The zero-order chi connectivity index (χ0) is 14.2. The Labute approximate surface area is 120 Å². The number of anilines is 2. The van der Waals surface area contributed by atoms with E-state index in [4.69, 9.17) is 0 Å². The van der Waals surface area contributed by atoms with Gasteiger partial charge in [-0.1, -0.05) is 0 Å². The zero-order valence-electron chi connectivity index (χ0n) is 11.6. The molecule has 0 unspecified atom stereocenters. The van der Waals surface area contributed by atoms with Crippen molar-refractivity contribution in [1.82, 2.24) is 24.7 Å². The van der Waals surface area contributed by atoms with Gasteiger partial charge < -0.3 is 10.2 Å². The Balaban J connectivity index is 2.61. The number of nitrogens with one attached hydrogen (secondary N) is 1. The minimum Gasteiger partial charge on any atom is -0.357 e. The molecule has 0 aliphatic carbocycles. The molecule has 0 fully saturated rings. The maximum absolute atomic E-state index is 4.43. The molecule has 1 N–H and O–H groups in total. The Morgan fingerprint density at radius 1 is 1.16 bits per heavy atom. The van der Waals surface area contributed by atoms with Gasteiger partial charge in [0.2, 0.25) is 11.9 Å². The predicted octanol–water partition coefficient (Wildman–Crippen LogP) is 1.54. The average molecular weight is 326 g/mol. The molecule has 102 valence electrons. The van der Waals surface area contributed by atoms with Crippen molar-refractivity contribution in [3.05, 3.63) is 15.9 Å². The third-order valence-electron chi connectivity index (χ3n) is 2.63. The van der Waals surface area contributed by atoms with Crippen LogP contribution in [-0.4, -0.2) is 45.9 Å². The van der Waals surface area contributed by atoms with E-state index in [0.29, 0.717) is 17.8 Å². The van der Waals surface area contributed by atoms with Crippen LogP contribution < -0.4 is 10.2 Å². The molecule has 2 heterocycles. The van der Waals surface area contributed by atoms with Gasteiger partial charge in [0.25, 0.3) is 5.95 Å². The lowest BCUT2D eigenvalue weighted by Crippen LogP contribution is -2.17. The van der Waals surface area contributed by atoms with Crippen LogP contribution in [0.3, 0.4) is 0 Å². The molecular formula is C11H16BrN7. The van der Waals surface area contributed by atoms with Crippen LogP contribution in [0.15, 0.2) is 4.47 Å². The molecule has 2 rings (SSSR count). The number of hydrogen-bond acceptors (Lipinski definition) is 6. The van der Waals surface area contributed by atoms with Crippen molar-refractivity contribution in [2.75, 3.05) is 31.4 Å². The Kier molecular flexibility index (Phi) is 3.70. The summed E-state index contributed by atoms with van der Waals surface area (Å²) >= 11 is 3.50. The Morgan fingerprint density at radius 3 is 2.32 bits per heavy atom. The van der Waals surface area contributed by atoms with E-state index in [-0.39, 0.29) is 0 Å². The van der Waals surface area contributed by atoms with E-state index in [2.05, 4.69) is 41.3 Å². The van der Waals surface area contributed by atoms with Crippen molar-refractivity contribution in [1.29, 1.82) is 0 Å². The van der Waals surface area contributed by atoms with Gasteiger partial charge in [0, 0.05) is 21.1 Å². The van der Waals surface area contributed by atoms with Crippen molar-refractivity contribution >= 4 is 27.8 Å². The standard InChI is InChI=1S/C11H16BrN7/c1-6-8(12)7(2)19(17-6)11-15-9(13-3)14-10(16-11)18(4)5/h1-5H3,(H,13,14,15,16). The van der Waals surface area contributed by atoms with Crippen LogP contribution >= 0.6 is 15.9 Å². The minimum absolute atomic E-state index is 0.495. The molecule has 0 aliphatic heterocycles. The molecule has 0 aromatic carbocycles. The first kappa shape index (κ1) is 13.7. The molecule has 0 bridgehead atoms. The maximum Gasteiger partial charge on any atom is 0.257 e. The van der Waals surface area contributed by atoms with Gasteiger partial charge in [-0.15, -0.1) is 0 Å². The van der Waals surface area contributed by atoms with Crippen LogP contribution in [0.2, 0.25) is 0 Å². The fraction of sp³-hybridized carbons (Fsp3) is 0.455. The maximum atomic E-state index is 4.43. The van der Waals surface area contributed by atoms with Crippen LogP contribution in [0.25, 0.3) is 5.95 Å². The molecule has 0 saturated heterocycles. The van der Waals surface area contributed by atoms with Gasteiger partial charge in [-0.25, -0.2) is 4.68 Å². The molecule has 0 radical (unpaired) electrons. The lowest BCUT2D eigenvalue weighted by molar-refractivity contribution is 0.761. The lowest BCUT2D eigenvalue weighted by Gasteiger charge is -2.12. The molecule has 0 spiro atoms. The second-order valence-electron chi connectivity index (χ2n) is 4.30. The van der Waals surface area contributed by atoms with Gasteiger partial charge in [-0.05, 0) is 29.8 Å². The summed E-state index contributed by atoms with van der Waals surface area (Å²) in [6, 6.07) is 0. The minimum atomic E-state index is 0.495. The van der Waals surface area contributed by atoms with Gasteiger partial charge in [-0.2, -0.15) is 20.1 Å². The fourth-order valence-electron chi connectivity index (χ4n) is 1.58. The normalized spacial score (nSPS) is 10.6. The average Bonchev–Trinajstić information content (AvgIpc) is 2.66. The van der Waals surface area contributed by atoms with Crippen LogP contribution in [-0.2, 0) is 0 Å². The molecule has 2 aromatic heterocycles. The van der Waals surface area contributed by atoms with Gasteiger partial charge in [0.05, 0.1) is 15.9 Å². The van der Waals surface area contributed by atoms with E-state index in [1.165, 1.54) is 0 Å². The largest absolute Gasteiger partial charge is 0.357 e. The number of hydrogen-bond donors (Lipinski definition) is 1. The molecule has 0 saturated carbocycles. The summed E-state index contributed by atoms with van der Waals surface area (Å²) in [5, 5.41) is 7.36. The summed E-state index contributed by atoms with van der Waals surface area (Å²) in [5.74, 6) is 1.59. The highest BCUT2D eigenvalue weighted by Crippen LogP contribution is 2.22. The van der Waals surface area contributed by atoms with Gasteiger partial charge in [-0.3, -0.25) is 0 Å². The number of nitrogens with zero attached hydrogens (tertiary/aromatic N) is 6. The van der Waals surface area contributed by atoms with Gasteiger partial charge >= 0.3 is 0 Å². The summed E-state index contributed by atoms with van der Waals surface area (Å²) in [6.07, 6.45) is 0. The quantitative estimate of drug-likeness (QED) is 0.923. The third-order valence-corrected chi connectivity index (χ3v) is 3.78. The highest BCUT2D eigenvalue weighted by molar-refractivity contribution is 9.10. The molecule has 7 nitrogen and oxygen atoms in total. The van der Waals surface area contributed by atoms with Crippen LogP contribution in [0, 0.1) is 13.8 Å². The molecule has 2 aromatic rings. The second-order valence-corrected chi connectivity index (χ2v) is 5.09. The predicted molar refractivity (Wildman–Crippen MR) is 78.0 cm³/mol. The summed E-state index contributed by atoms with van der Waals surface area (Å²) in [5.41, 5.74) is 1.85. The van der Waals surface area contributed by atoms with Crippen LogP contribution in [0.5, 0.6) is 0 Å². The third kappa shape index (κ3) is 2.53. The summed E-state index contributed by atoms with van der Waals surface area (Å²) < 4.78 is 2.67. The van der Waals surface area contributed by atoms with Crippen molar-refractivity contribution in [3.63, 3.8) is 0 Å². The number of aromatic nitrogens is 5. The van der Waals surface area contributed by atoms with Crippen molar-refractivity contribution in [2.45, 2.75) is 13.8 Å². The Morgan fingerprint density at radius 2 is 1.84 bits per heavy atom. The monoisotopic (exact) mass is 325 g/mol. The molecule has 8 heteroatoms. The summed E-state index contributed by atoms with van der Waals surface area (Å²) in [6.45, 7) is 3.89. The number of rotatable bonds is 3. The number of aryl methyl sites for hydroxylation is 1. The molecule has 0 aliphatic rings. The van der Waals surface area contributed by atoms with E-state index < -0.39 is 0 Å². The number of halogens is 1. The van der Waals surface area contributed by atoms with E-state index >= 15 is 0 Å². The van der Waals surface area contributed by atoms with E-state index in [0.717, 1.165) is 15.9 Å². The van der Waals surface area contributed by atoms with E-state index in [9.17, 15) is 0 Å². The topological polar surface area (TPSA) is 71.8 Å². The van der Waals surface area contributed by atoms with E-state index in [1.807, 2.05) is 32.8 Å². The zero-order valence-corrected chi connectivity index (χ0v) is 13.1. The summed E-state index contributed by atoms with van der Waals surface area (Å²) in [4.78, 5) is 14.9. The van der Waals surface area contributed by atoms with Gasteiger partial charge in [0.1, 0.15) is 0 Å². The first-order valence-corrected chi connectivity index (χ1v) is 6.56. The SMILES string of the molecule is CNc1nc(N(C)C)nc(-n2nc(C)c(Br)c2C)n1.